The van der Waals surface area contributed by atoms with Gasteiger partial charge in [0.15, 0.2) is 0 Å². The van der Waals surface area contributed by atoms with Gasteiger partial charge in [0.25, 0.3) is 0 Å². The average Bonchev–Trinajstić information content (AvgIpc) is 2.21. The molecule has 0 saturated carbocycles. The van der Waals surface area contributed by atoms with Crippen LogP contribution in [0.15, 0.2) is 0 Å². The van der Waals surface area contributed by atoms with Crippen LogP contribution in [0.1, 0.15) is 52.9 Å². The van der Waals surface area contributed by atoms with Crippen LogP contribution >= 0.6 is 0 Å². The molecular weight excluding hydrogens is 208 g/mol. The molecule has 0 spiro atoms. The Labute approximate surface area is 97.9 Å². The first-order valence-electron chi connectivity index (χ1n) is 5.94. The first-order chi connectivity index (χ1) is 7.48. The highest BCUT2D eigenvalue weighted by molar-refractivity contribution is 5.66. The maximum absolute atomic E-state index is 10.2. The fraction of sp³-hybridized carbons (Fsp3) is 0.917. The molecule has 0 aliphatic rings. The molecule has 0 unspecified atom stereocenters. The van der Waals surface area contributed by atoms with Gasteiger partial charge in [0.05, 0.1) is 13.2 Å². The van der Waals surface area contributed by atoms with Crippen LogP contribution in [0, 0.1) is 5.41 Å². The summed E-state index contributed by atoms with van der Waals surface area (Å²) >= 11 is 0. The lowest BCUT2D eigenvalue weighted by Gasteiger charge is -2.21. The number of aliphatic carboxylic acids is 1. The molecular formula is C12H24O4. The summed E-state index contributed by atoms with van der Waals surface area (Å²) in [6.45, 7) is 7.59. The zero-order chi connectivity index (χ0) is 12.4. The lowest BCUT2D eigenvalue weighted by atomic mass is 9.85. The summed E-state index contributed by atoms with van der Waals surface area (Å²) in [5, 5.41) is 8.37. The van der Waals surface area contributed by atoms with E-state index in [4.69, 9.17) is 14.9 Å². The zero-order valence-electron chi connectivity index (χ0n) is 10.6. The number of carbonyl (C=O) groups is 1. The van der Waals surface area contributed by atoms with Crippen LogP contribution in [0.2, 0.25) is 0 Å². The molecule has 4 nitrogen and oxygen atoms in total. The van der Waals surface area contributed by atoms with Crippen LogP contribution in [0.3, 0.4) is 0 Å². The van der Waals surface area contributed by atoms with Crippen molar-refractivity contribution in [3.8, 4) is 0 Å². The van der Waals surface area contributed by atoms with Gasteiger partial charge in [0.2, 0.25) is 0 Å². The predicted molar refractivity (Wildman–Crippen MR) is 62.1 cm³/mol. The van der Waals surface area contributed by atoms with Crippen LogP contribution < -0.4 is 0 Å². The molecule has 16 heavy (non-hydrogen) atoms. The Bertz CT molecular complexity index is 189. The van der Waals surface area contributed by atoms with Crippen molar-refractivity contribution >= 4 is 5.97 Å². The molecule has 0 radical (unpaired) electrons. The highest BCUT2D eigenvalue weighted by Crippen LogP contribution is 2.25. The van der Waals surface area contributed by atoms with Crippen molar-refractivity contribution in [3.63, 3.8) is 0 Å². The molecule has 0 atom stereocenters. The van der Waals surface area contributed by atoms with Crippen molar-refractivity contribution in [2.45, 2.75) is 52.9 Å². The molecule has 0 heterocycles. The van der Waals surface area contributed by atoms with Crippen molar-refractivity contribution < 1.29 is 19.7 Å². The van der Waals surface area contributed by atoms with Crippen molar-refractivity contribution in [1.29, 1.82) is 0 Å². The summed E-state index contributed by atoms with van der Waals surface area (Å²) in [6.07, 6.45) is 3.87. The molecule has 0 aliphatic carbocycles. The van der Waals surface area contributed by atoms with Gasteiger partial charge >= 0.3 is 5.97 Å². The van der Waals surface area contributed by atoms with Crippen LogP contribution in [0.5, 0.6) is 0 Å². The van der Waals surface area contributed by atoms with E-state index in [1.54, 1.807) is 0 Å². The number of hydrogen-bond acceptors (Lipinski definition) is 3. The lowest BCUT2D eigenvalue weighted by Crippen LogP contribution is -2.11. The normalized spacial score (nSPS) is 11.7. The van der Waals surface area contributed by atoms with Crippen molar-refractivity contribution in [2.75, 3.05) is 13.2 Å². The fourth-order valence-corrected chi connectivity index (χ4v) is 1.19. The second kappa shape index (κ2) is 8.53. The molecule has 0 aromatic rings. The number of carboxylic acids is 1. The highest BCUT2D eigenvalue weighted by atomic mass is 17.2. The molecule has 0 saturated heterocycles. The zero-order valence-corrected chi connectivity index (χ0v) is 10.6. The smallest absolute Gasteiger partial charge is 0.303 e. The maximum atomic E-state index is 10.2. The summed E-state index contributed by atoms with van der Waals surface area (Å²) in [5.41, 5.74) is 0.368. The standard InChI is InChI=1S/C12H24O4/c1-4-12(2,3)8-6-10-16-15-9-5-7-11(13)14/h4-10H2,1-3H3,(H,13,14). The van der Waals surface area contributed by atoms with E-state index in [9.17, 15) is 4.79 Å². The number of rotatable bonds is 10. The van der Waals surface area contributed by atoms with Crippen LogP contribution in [0.25, 0.3) is 0 Å². The average molecular weight is 232 g/mol. The second-order valence-electron chi connectivity index (χ2n) is 4.76. The minimum absolute atomic E-state index is 0.131. The summed E-state index contributed by atoms with van der Waals surface area (Å²) < 4.78 is 0. The summed E-state index contributed by atoms with van der Waals surface area (Å²) in [6, 6.07) is 0. The Morgan fingerprint density at radius 3 is 2.25 bits per heavy atom. The van der Waals surface area contributed by atoms with Gasteiger partial charge in [-0.1, -0.05) is 27.2 Å². The topological polar surface area (TPSA) is 55.8 Å². The summed E-state index contributed by atoms with van der Waals surface area (Å²) in [5.74, 6) is -0.798. The largest absolute Gasteiger partial charge is 0.481 e. The van der Waals surface area contributed by atoms with E-state index >= 15 is 0 Å². The molecule has 1 N–H and O–H groups in total. The number of carboxylic acid groups (broad SMARTS) is 1. The van der Waals surface area contributed by atoms with E-state index in [1.807, 2.05) is 0 Å². The van der Waals surface area contributed by atoms with Crippen LogP contribution in [-0.2, 0) is 14.6 Å². The van der Waals surface area contributed by atoms with Crippen molar-refractivity contribution in [1.82, 2.24) is 0 Å². The van der Waals surface area contributed by atoms with Gasteiger partial charge in [-0.2, -0.15) is 0 Å². The van der Waals surface area contributed by atoms with Gasteiger partial charge in [-0.3, -0.25) is 4.79 Å². The first kappa shape index (κ1) is 15.4. The summed E-state index contributed by atoms with van der Waals surface area (Å²) in [7, 11) is 0. The highest BCUT2D eigenvalue weighted by Gasteiger charge is 2.13. The summed E-state index contributed by atoms with van der Waals surface area (Å²) in [4.78, 5) is 20.0. The molecule has 4 heteroatoms. The van der Waals surface area contributed by atoms with E-state index in [1.165, 1.54) is 0 Å². The molecule has 96 valence electrons. The van der Waals surface area contributed by atoms with Crippen LogP contribution in [-0.4, -0.2) is 24.3 Å². The van der Waals surface area contributed by atoms with E-state index in [0.29, 0.717) is 25.0 Å². The molecule has 0 bridgehead atoms. The second-order valence-corrected chi connectivity index (χ2v) is 4.76. The Morgan fingerprint density at radius 2 is 1.75 bits per heavy atom. The Hall–Kier alpha value is -0.610. The van der Waals surface area contributed by atoms with Gasteiger partial charge < -0.3 is 5.11 Å². The third-order valence-electron chi connectivity index (χ3n) is 2.74. The first-order valence-corrected chi connectivity index (χ1v) is 5.94. The number of hydrogen-bond donors (Lipinski definition) is 1. The van der Waals surface area contributed by atoms with Crippen molar-refractivity contribution in [2.24, 2.45) is 5.41 Å². The monoisotopic (exact) mass is 232 g/mol. The SMILES string of the molecule is CCC(C)(C)CCCOOCCCC(=O)O. The van der Waals surface area contributed by atoms with E-state index < -0.39 is 5.97 Å². The molecule has 0 fully saturated rings. The molecule has 0 aromatic carbocycles. The minimum atomic E-state index is -0.798. The molecule has 0 aromatic heterocycles. The lowest BCUT2D eigenvalue weighted by molar-refractivity contribution is -0.295. The van der Waals surface area contributed by atoms with Gasteiger partial charge in [-0.25, -0.2) is 9.78 Å². The Balaban J connectivity index is 3.19. The Kier molecular flexibility index (Phi) is 8.21. The van der Waals surface area contributed by atoms with E-state index in [0.717, 1.165) is 19.3 Å². The van der Waals surface area contributed by atoms with Crippen molar-refractivity contribution in [3.05, 3.63) is 0 Å². The van der Waals surface area contributed by atoms with E-state index in [-0.39, 0.29) is 6.42 Å². The van der Waals surface area contributed by atoms with Crippen LogP contribution in [0.4, 0.5) is 0 Å². The quantitative estimate of drug-likeness (QED) is 0.357. The third-order valence-corrected chi connectivity index (χ3v) is 2.74. The molecule has 0 rings (SSSR count). The predicted octanol–water partition coefficient (Wildman–Crippen LogP) is 3.02. The van der Waals surface area contributed by atoms with Gasteiger partial charge in [0, 0.05) is 6.42 Å². The van der Waals surface area contributed by atoms with Gasteiger partial charge in [0.1, 0.15) is 0 Å². The Morgan fingerprint density at radius 1 is 1.19 bits per heavy atom. The fourth-order valence-electron chi connectivity index (χ4n) is 1.19. The molecule has 0 aliphatic heterocycles. The van der Waals surface area contributed by atoms with Gasteiger partial charge in [-0.15, -0.1) is 0 Å². The third kappa shape index (κ3) is 9.93. The molecule has 0 amide bonds. The minimum Gasteiger partial charge on any atom is -0.481 e. The van der Waals surface area contributed by atoms with E-state index in [2.05, 4.69) is 20.8 Å². The van der Waals surface area contributed by atoms with Gasteiger partial charge in [-0.05, 0) is 24.7 Å². The maximum Gasteiger partial charge on any atom is 0.303 e.